The number of fused-ring (bicyclic) bond motifs is 1. The smallest absolute Gasteiger partial charge is 0.353 e. The quantitative estimate of drug-likeness (QED) is 0.817. The van der Waals surface area contributed by atoms with E-state index in [-0.39, 0.29) is 11.7 Å². The maximum absolute atomic E-state index is 13.1. The molecule has 4 rings (SSSR count). The highest BCUT2D eigenvalue weighted by molar-refractivity contribution is 6.03. The second-order valence-corrected chi connectivity index (χ2v) is 7.40. The zero-order chi connectivity index (χ0) is 21.3. The van der Waals surface area contributed by atoms with Crippen LogP contribution in [0.4, 0.5) is 23.7 Å². The number of rotatable bonds is 3. The lowest BCUT2D eigenvalue weighted by molar-refractivity contribution is -0.136. The second kappa shape index (κ2) is 8.00. The fraction of sp³-hybridized carbons (Fsp3) is 0.450. The third-order valence-corrected chi connectivity index (χ3v) is 5.44. The molecule has 3 aliphatic rings. The van der Waals surface area contributed by atoms with Gasteiger partial charge >= 0.3 is 12.2 Å². The normalized spacial score (nSPS) is 21.3. The van der Waals surface area contributed by atoms with E-state index in [0.717, 1.165) is 30.7 Å². The topological polar surface area (TPSA) is 63.5 Å². The molecule has 1 aromatic rings. The molecule has 1 N–H and O–H groups in total. The van der Waals surface area contributed by atoms with Crippen molar-refractivity contribution in [3.05, 3.63) is 41.7 Å². The van der Waals surface area contributed by atoms with Gasteiger partial charge in [0.2, 0.25) is 0 Å². The summed E-state index contributed by atoms with van der Waals surface area (Å²) in [5.74, 6) is 1.69. The summed E-state index contributed by atoms with van der Waals surface area (Å²) in [6.45, 7) is 4.81. The van der Waals surface area contributed by atoms with Gasteiger partial charge in [-0.05, 0) is 18.6 Å². The predicted octanol–water partition coefficient (Wildman–Crippen LogP) is 3.23. The number of piperazine rings is 1. The lowest BCUT2D eigenvalue weighted by atomic mass is 10.1. The molecule has 0 saturated carbocycles. The summed E-state index contributed by atoms with van der Waals surface area (Å²) in [5.41, 5.74) is -1.09. The predicted molar refractivity (Wildman–Crippen MR) is 108 cm³/mol. The second-order valence-electron chi connectivity index (χ2n) is 7.40. The number of urea groups is 1. The number of carbonyl (C=O) groups excluding carboxylic acids is 1. The van der Waals surface area contributed by atoms with Crippen molar-refractivity contribution in [2.45, 2.75) is 25.6 Å². The van der Waals surface area contributed by atoms with Gasteiger partial charge in [-0.15, -0.1) is 0 Å². The Kier molecular flexibility index (Phi) is 5.40. The van der Waals surface area contributed by atoms with Crippen molar-refractivity contribution in [3.63, 3.8) is 0 Å². The molecule has 1 saturated heterocycles. The van der Waals surface area contributed by atoms with Gasteiger partial charge in [0.1, 0.15) is 11.7 Å². The van der Waals surface area contributed by atoms with Crippen LogP contribution in [0.5, 0.6) is 0 Å². The van der Waals surface area contributed by atoms with E-state index >= 15 is 0 Å². The summed E-state index contributed by atoms with van der Waals surface area (Å²) in [7, 11) is 0. The molecular weight excluding hydrogens is 397 g/mol. The Hall–Kier alpha value is -3.04. The van der Waals surface area contributed by atoms with Gasteiger partial charge in [-0.3, -0.25) is 4.99 Å². The highest BCUT2D eigenvalue weighted by atomic mass is 19.4. The molecule has 1 fully saturated rings. The van der Waals surface area contributed by atoms with Gasteiger partial charge < -0.3 is 20.0 Å². The lowest BCUT2D eigenvalue weighted by Gasteiger charge is -2.36. The molecular formula is C20H23F3N6O. The van der Waals surface area contributed by atoms with Gasteiger partial charge in [0, 0.05) is 38.8 Å². The van der Waals surface area contributed by atoms with Crippen molar-refractivity contribution in [1.82, 2.24) is 14.7 Å². The summed E-state index contributed by atoms with van der Waals surface area (Å²) in [6, 6.07) is 4.73. The number of amides is 2. The molecule has 7 nitrogen and oxygen atoms in total. The van der Waals surface area contributed by atoms with Crippen LogP contribution >= 0.6 is 0 Å². The first-order valence-electron chi connectivity index (χ1n) is 9.92. The number of nitrogens with one attached hydrogen (secondary N) is 1. The Morgan fingerprint density at radius 3 is 2.63 bits per heavy atom. The minimum Gasteiger partial charge on any atom is -0.353 e. The van der Waals surface area contributed by atoms with Crippen molar-refractivity contribution in [2.75, 3.05) is 38.0 Å². The van der Waals surface area contributed by atoms with Gasteiger partial charge in [0.25, 0.3) is 0 Å². The number of para-hydroxylation sites is 1. The zero-order valence-corrected chi connectivity index (χ0v) is 16.6. The molecule has 30 heavy (non-hydrogen) atoms. The Morgan fingerprint density at radius 1 is 1.20 bits per heavy atom. The van der Waals surface area contributed by atoms with E-state index in [1.807, 2.05) is 11.0 Å². The fourth-order valence-electron chi connectivity index (χ4n) is 3.70. The summed E-state index contributed by atoms with van der Waals surface area (Å²) >= 11 is 0. The van der Waals surface area contributed by atoms with Gasteiger partial charge in [-0.25, -0.2) is 9.79 Å². The molecule has 0 aliphatic carbocycles. The van der Waals surface area contributed by atoms with Gasteiger partial charge in [0.15, 0.2) is 0 Å². The molecule has 10 heteroatoms. The van der Waals surface area contributed by atoms with Crippen LogP contribution in [0.25, 0.3) is 0 Å². The monoisotopic (exact) mass is 420 g/mol. The molecule has 0 spiro atoms. The van der Waals surface area contributed by atoms with Gasteiger partial charge in [-0.2, -0.15) is 13.2 Å². The first kappa shape index (κ1) is 20.2. The number of carbonyl (C=O) groups is 1. The number of benzene rings is 1. The van der Waals surface area contributed by atoms with E-state index in [2.05, 4.69) is 27.1 Å². The first-order valence-corrected chi connectivity index (χ1v) is 9.92. The molecule has 3 heterocycles. The molecule has 0 aromatic heterocycles. The highest BCUT2D eigenvalue weighted by Crippen LogP contribution is 2.34. The maximum atomic E-state index is 13.1. The highest BCUT2D eigenvalue weighted by Gasteiger charge is 2.34. The number of amidine groups is 1. The molecule has 0 bridgehead atoms. The Labute approximate surface area is 172 Å². The largest absolute Gasteiger partial charge is 0.418 e. The number of hydrogen-bond acceptors (Lipinski definition) is 5. The summed E-state index contributed by atoms with van der Waals surface area (Å²) in [5, 5.41) is 2.40. The number of anilines is 1. The van der Waals surface area contributed by atoms with Crippen LogP contribution in [0.15, 0.2) is 46.1 Å². The SMILES string of the molecule is CCC1CN2C=NC(N3CCN(C(=O)Nc4ccccc4C(F)(F)F)CC3)=CC2=N1. The van der Waals surface area contributed by atoms with Crippen LogP contribution in [0.2, 0.25) is 0 Å². The van der Waals surface area contributed by atoms with Crippen molar-refractivity contribution in [1.29, 1.82) is 0 Å². The molecule has 3 aliphatic heterocycles. The fourth-order valence-corrected chi connectivity index (χ4v) is 3.70. The van der Waals surface area contributed by atoms with Crippen LogP contribution in [0.1, 0.15) is 18.9 Å². The van der Waals surface area contributed by atoms with Gasteiger partial charge in [0.05, 0.1) is 23.6 Å². The van der Waals surface area contributed by atoms with Crippen molar-refractivity contribution < 1.29 is 18.0 Å². The third kappa shape index (κ3) is 4.12. The Bertz CT molecular complexity index is 902. The number of halogens is 3. The third-order valence-electron chi connectivity index (χ3n) is 5.44. The van der Waals surface area contributed by atoms with Crippen LogP contribution in [-0.4, -0.2) is 71.7 Å². The Balaban J connectivity index is 1.37. The standard InChI is InChI=1S/C20H23F3N6O/c1-2-14-12-29-13-24-17(11-18(29)25-14)27-7-9-28(10-8-27)19(30)26-16-6-4-3-5-15(16)20(21,22)23/h3-6,11,13-14H,2,7-10,12H2,1H3,(H,26,30). The lowest BCUT2D eigenvalue weighted by Crippen LogP contribution is -2.50. The Morgan fingerprint density at radius 2 is 1.93 bits per heavy atom. The molecule has 1 atom stereocenters. The van der Waals surface area contributed by atoms with Crippen LogP contribution < -0.4 is 5.32 Å². The van der Waals surface area contributed by atoms with Crippen LogP contribution in [0.3, 0.4) is 0 Å². The van der Waals surface area contributed by atoms with E-state index < -0.39 is 17.8 Å². The van der Waals surface area contributed by atoms with E-state index in [4.69, 9.17) is 0 Å². The van der Waals surface area contributed by atoms with E-state index in [0.29, 0.717) is 26.2 Å². The summed E-state index contributed by atoms with van der Waals surface area (Å²) in [6.07, 6.45) is 0.186. The number of hydrogen-bond donors (Lipinski definition) is 1. The number of aliphatic imine (C=N–C) groups is 2. The minimum atomic E-state index is -4.53. The minimum absolute atomic E-state index is 0.234. The van der Waals surface area contributed by atoms with Crippen molar-refractivity contribution >= 4 is 23.9 Å². The van der Waals surface area contributed by atoms with Crippen molar-refractivity contribution in [2.24, 2.45) is 9.98 Å². The van der Waals surface area contributed by atoms with Crippen LogP contribution in [0, 0.1) is 0 Å². The molecule has 160 valence electrons. The van der Waals surface area contributed by atoms with Crippen molar-refractivity contribution in [3.8, 4) is 0 Å². The van der Waals surface area contributed by atoms with Gasteiger partial charge in [-0.1, -0.05) is 19.1 Å². The average Bonchev–Trinajstić information content (AvgIpc) is 3.16. The van der Waals surface area contributed by atoms with E-state index in [9.17, 15) is 18.0 Å². The average molecular weight is 420 g/mol. The summed E-state index contributed by atoms with van der Waals surface area (Å²) in [4.78, 5) is 27.3. The molecule has 1 unspecified atom stereocenters. The molecule has 1 aromatic carbocycles. The summed E-state index contributed by atoms with van der Waals surface area (Å²) < 4.78 is 39.4. The zero-order valence-electron chi connectivity index (χ0n) is 16.6. The molecule has 2 amide bonds. The maximum Gasteiger partial charge on any atom is 0.418 e. The number of nitrogens with zero attached hydrogens (tertiary/aromatic N) is 5. The van der Waals surface area contributed by atoms with E-state index in [1.54, 1.807) is 6.34 Å². The number of alkyl halides is 3. The first-order chi connectivity index (χ1) is 14.3. The molecule has 0 radical (unpaired) electrons. The van der Waals surface area contributed by atoms with E-state index in [1.165, 1.54) is 23.1 Å². The van der Waals surface area contributed by atoms with Crippen LogP contribution in [-0.2, 0) is 6.18 Å².